The summed E-state index contributed by atoms with van der Waals surface area (Å²) < 4.78 is 0. The van der Waals surface area contributed by atoms with E-state index in [1.165, 1.54) is 17.7 Å². The predicted molar refractivity (Wildman–Crippen MR) is 59.3 cm³/mol. The number of aliphatic hydroxyl groups excluding tert-OH is 1. The van der Waals surface area contributed by atoms with Gasteiger partial charge in [0.1, 0.15) is 0 Å². The highest BCUT2D eigenvalue weighted by atomic mass is 32.2. The van der Waals surface area contributed by atoms with Gasteiger partial charge in [0.25, 0.3) is 0 Å². The second-order valence-corrected chi connectivity index (χ2v) is 4.95. The fourth-order valence-electron chi connectivity index (χ4n) is 1.36. The fraction of sp³-hybridized carbons (Fsp3) is 0.455. The van der Waals surface area contributed by atoms with Gasteiger partial charge in [0, 0.05) is 16.7 Å². The minimum Gasteiger partial charge on any atom is -0.387 e. The van der Waals surface area contributed by atoms with Crippen molar-refractivity contribution in [1.82, 2.24) is 0 Å². The fourth-order valence-corrected chi connectivity index (χ4v) is 2.58. The molecule has 2 nitrogen and oxygen atoms in total. The average molecular weight is 209 g/mol. The number of rotatable bonds is 4. The molecule has 0 aliphatic heterocycles. The van der Waals surface area contributed by atoms with Crippen molar-refractivity contribution >= 4 is 11.8 Å². The Kier molecular flexibility index (Phi) is 3.11. The smallest absolute Gasteiger partial charge is 0.0923 e. The van der Waals surface area contributed by atoms with Crippen molar-refractivity contribution in [2.45, 2.75) is 29.1 Å². The van der Waals surface area contributed by atoms with Crippen molar-refractivity contribution < 1.29 is 5.11 Å². The van der Waals surface area contributed by atoms with Crippen LogP contribution in [0.3, 0.4) is 0 Å². The Morgan fingerprint density at radius 2 is 2.14 bits per heavy atom. The summed E-state index contributed by atoms with van der Waals surface area (Å²) in [5, 5.41) is 10.5. The van der Waals surface area contributed by atoms with Crippen LogP contribution in [-0.4, -0.2) is 16.9 Å². The zero-order valence-corrected chi connectivity index (χ0v) is 8.83. The summed E-state index contributed by atoms with van der Waals surface area (Å²) in [5.74, 6) is 0. The van der Waals surface area contributed by atoms with E-state index >= 15 is 0 Å². The molecular weight excluding hydrogens is 194 g/mol. The molecule has 0 aromatic heterocycles. The summed E-state index contributed by atoms with van der Waals surface area (Å²) in [6.07, 6.45) is 2.09. The molecule has 0 heterocycles. The quantitative estimate of drug-likeness (QED) is 0.796. The molecule has 1 fully saturated rings. The summed E-state index contributed by atoms with van der Waals surface area (Å²) in [7, 11) is 0. The summed E-state index contributed by atoms with van der Waals surface area (Å²) in [6, 6.07) is 7.99. The van der Waals surface area contributed by atoms with Crippen molar-refractivity contribution in [1.29, 1.82) is 0 Å². The standard InChI is InChI=1S/C11H15NOS/c12-7-10(13)9-3-1-2-4-11(9)14-8-5-6-8/h1-4,8,10,13H,5-7,12H2. The first-order valence-corrected chi connectivity index (χ1v) is 5.83. The number of hydrogen-bond donors (Lipinski definition) is 2. The van der Waals surface area contributed by atoms with Crippen molar-refractivity contribution in [3.8, 4) is 0 Å². The number of aliphatic hydroxyl groups is 1. The lowest BCUT2D eigenvalue weighted by Crippen LogP contribution is -2.12. The number of nitrogens with two attached hydrogens (primary N) is 1. The lowest BCUT2D eigenvalue weighted by Gasteiger charge is -2.12. The largest absolute Gasteiger partial charge is 0.387 e. The van der Waals surface area contributed by atoms with E-state index in [0.717, 1.165) is 10.8 Å². The maximum Gasteiger partial charge on any atom is 0.0923 e. The molecule has 1 aliphatic rings. The molecule has 1 aromatic rings. The molecule has 1 aliphatic carbocycles. The molecular formula is C11H15NOS. The predicted octanol–water partition coefficient (Wildman–Crippen LogP) is 1.93. The lowest BCUT2D eigenvalue weighted by atomic mass is 10.1. The third-order valence-corrected chi connectivity index (χ3v) is 3.75. The van der Waals surface area contributed by atoms with Crippen LogP contribution >= 0.6 is 11.8 Å². The van der Waals surface area contributed by atoms with Gasteiger partial charge in [-0.05, 0) is 24.5 Å². The molecule has 1 atom stereocenters. The molecule has 0 spiro atoms. The Morgan fingerprint density at radius 3 is 2.79 bits per heavy atom. The highest BCUT2D eigenvalue weighted by Gasteiger charge is 2.24. The summed E-state index contributed by atoms with van der Waals surface area (Å²) >= 11 is 1.86. The zero-order chi connectivity index (χ0) is 9.97. The van der Waals surface area contributed by atoms with Gasteiger partial charge in [-0.2, -0.15) is 0 Å². The Morgan fingerprint density at radius 1 is 1.43 bits per heavy atom. The van der Waals surface area contributed by atoms with Gasteiger partial charge < -0.3 is 10.8 Å². The molecule has 1 aromatic carbocycles. The van der Waals surface area contributed by atoms with Crippen LogP contribution in [0.5, 0.6) is 0 Å². The first-order valence-electron chi connectivity index (χ1n) is 4.95. The Bertz CT molecular complexity index is 312. The van der Waals surface area contributed by atoms with Crippen LogP contribution in [0.25, 0.3) is 0 Å². The SMILES string of the molecule is NCC(O)c1ccccc1SC1CC1. The number of hydrogen-bond acceptors (Lipinski definition) is 3. The minimum absolute atomic E-state index is 0.294. The van der Waals surface area contributed by atoms with Gasteiger partial charge >= 0.3 is 0 Å². The molecule has 1 saturated carbocycles. The third-order valence-electron chi connectivity index (χ3n) is 2.32. The van der Waals surface area contributed by atoms with Crippen LogP contribution < -0.4 is 5.73 Å². The van der Waals surface area contributed by atoms with Gasteiger partial charge in [-0.25, -0.2) is 0 Å². The topological polar surface area (TPSA) is 46.2 Å². The molecule has 3 N–H and O–H groups in total. The van der Waals surface area contributed by atoms with Crippen molar-refractivity contribution in [3.63, 3.8) is 0 Å². The van der Waals surface area contributed by atoms with Gasteiger partial charge in [-0.15, -0.1) is 11.8 Å². The first kappa shape index (κ1) is 10.0. The van der Waals surface area contributed by atoms with Gasteiger partial charge in [0.15, 0.2) is 0 Å². The molecule has 0 amide bonds. The molecule has 1 unspecified atom stereocenters. The molecule has 0 bridgehead atoms. The van der Waals surface area contributed by atoms with Gasteiger partial charge in [0.05, 0.1) is 6.10 Å². The lowest BCUT2D eigenvalue weighted by molar-refractivity contribution is 0.184. The summed E-state index contributed by atoms with van der Waals surface area (Å²) in [5.41, 5.74) is 6.44. The monoisotopic (exact) mass is 209 g/mol. The molecule has 3 heteroatoms. The van der Waals surface area contributed by atoms with Gasteiger partial charge in [-0.3, -0.25) is 0 Å². The summed E-state index contributed by atoms with van der Waals surface area (Å²) in [6.45, 7) is 0.294. The second kappa shape index (κ2) is 4.34. The van der Waals surface area contributed by atoms with E-state index in [-0.39, 0.29) is 0 Å². The van der Waals surface area contributed by atoms with E-state index in [4.69, 9.17) is 5.73 Å². The van der Waals surface area contributed by atoms with Crippen LogP contribution in [0.15, 0.2) is 29.2 Å². The molecule has 14 heavy (non-hydrogen) atoms. The van der Waals surface area contributed by atoms with Gasteiger partial charge in [0.2, 0.25) is 0 Å². The Balaban J connectivity index is 2.18. The highest BCUT2D eigenvalue weighted by Crippen LogP contribution is 2.41. The average Bonchev–Trinajstić information content (AvgIpc) is 3.01. The summed E-state index contributed by atoms with van der Waals surface area (Å²) in [4.78, 5) is 1.19. The van der Waals surface area contributed by atoms with Crippen molar-refractivity contribution in [3.05, 3.63) is 29.8 Å². The van der Waals surface area contributed by atoms with E-state index in [1.54, 1.807) is 0 Å². The third kappa shape index (κ3) is 2.29. The molecule has 76 valence electrons. The van der Waals surface area contributed by atoms with Crippen LogP contribution in [-0.2, 0) is 0 Å². The van der Waals surface area contributed by atoms with E-state index in [1.807, 2.05) is 30.0 Å². The van der Waals surface area contributed by atoms with Crippen molar-refractivity contribution in [2.24, 2.45) is 5.73 Å². The maximum atomic E-state index is 9.71. The van der Waals surface area contributed by atoms with Crippen LogP contribution in [0, 0.1) is 0 Å². The van der Waals surface area contributed by atoms with E-state index in [2.05, 4.69) is 6.07 Å². The second-order valence-electron chi connectivity index (χ2n) is 3.61. The maximum absolute atomic E-state index is 9.71. The molecule has 2 rings (SSSR count). The highest BCUT2D eigenvalue weighted by molar-refractivity contribution is 8.00. The number of thioether (sulfide) groups is 1. The van der Waals surface area contributed by atoms with Crippen LogP contribution in [0.1, 0.15) is 24.5 Å². The van der Waals surface area contributed by atoms with Crippen LogP contribution in [0.2, 0.25) is 0 Å². The minimum atomic E-state index is -0.516. The van der Waals surface area contributed by atoms with Crippen LogP contribution in [0.4, 0.5) is 0 Å². The number of benzene rings is 1. The first-order chi connectivity index (χ1) is 6.81. The van der Waals surface area contributed by atoms with E-state index < -0.39 is 6.10 Å². The zero-order valence-electron chi connectivity index (χ0n) is 8.02. The molecule has 0 saturated heterocycles. The Labute approximate surface area is 88.5 Å². The van der Waals surface area contributed by atoms with Gasteiger partial charge in [-0.1, -0.05) is 18.2 Å². The van der Waals surface area contributed by atoms with Crippen molar-refractivity contribution in [2.75, 3.05) is 6.54 Å². The van der Waals surface area contributed by atoms with E-state index in [0.29, 0.717) is 6.54 Å². The normalized spacial score (nSPS) is 18.1. The Hall–Kier alpha value is -0.510. The van der Waals surface area contributed by atoms with E-state index in [9.17, 15) is 5.11 Å². The molecule has 0 radical (unpaired) electrons.